The standard InChI is InChI=1S/C21H26N2O5/c1-21(2,3)22-18(24)12-23(4)19(25)13-28-20(26)16-10-14-8-6-7-9-15(14)11-17(16)27-5/h6-11H,12-13H2,1-5H3,(H,22,24). The van der Waals surface area contributed by atoms with Crippen LogP contribution in [0, 0.1) is 0 Å². The summed E-state index contributed by atoms with van der Waals surface area (Å²) < 4.78 is 10.4. The predicted molar refractivity (Wildman–Crippen MR) is 106 cm³/mol. The smallest absolute Gasteiger partial charge is 0.342 e. The van der Waals surface area contributed by atoms with E-state index in [1.165, 1.54) is 19.1 Å². The number of nitrogens with zero attached hydrogens (tertiary/aromatic N) is 1. The van der Waals surface area contributed by atoms with E-state index in [1.54, 1.807) is 12.1 Å². The molecule has 0 aromatic heterocycles. The average molecular weight is 386 g/mol. The van der Waals surface area contributed by atoms with E-state index >= 15 is 0 Å². The maximum Gasteiger partial charge on any atom is 0.342 e. The fourth-order valence-corrected chi connectivity index (χ4v) is 2.62. The number of ether oxygens (including phenoxy) is 2. The summed E-state index contributed by atoms with van der Waals surface area (Å²) >= 11 is 0. The minimum Gasteiger partial charge on any atom is -0.496 e. The lowest BCUT2D eigenvalue weighted by Crippen LogP contribution is -2.46. The lowest BCUT2D eigenvalue weighted by Gasteiger charge is -2.23. The molecule has 0 atom stereocenters. The van der Waals surface area contributed by atoms with Crippen molar-refractivity contribution in [2.45, 2.75) is 26.3 Å². The minimum absolute atomic E-state index is 0.118. The Morgan fingerprint density at radius 3 is 2.25 bits per heavy atom. The van der Waals surface area contributed by atoms with Gasteiger partial charge in [0.05, 0.1) is 13.7 Å². The van der Waals surface area contributed by atoms with E-state index in [0.29, 0.717) is 5.75 Å². The molecule has 0 aliphatic heterocycles. The number of fused-ring (bicyclic) bond motifs is 1. The maximum atomic E-state index is 12.5. The molecule has 2 aromatic rings. The van der Waals surface area contributed by atoms with Gasteiger partial charge < -0.3 is 19.7 Å². The van der Waals surface area contributed by atoms with Gasteiger partial charge in [0.25, 0.3) is 5.91 Å². The Morgan fingerprint density at radius 1 is 1.07 bits per heavy atom. The number of esters is 1. The number of likely N-dealkylation sites (N-methyl/N-ethyl adjacent to an activating group) is 1. The third kappa shape index (κ3) is 5.70. The fourth-order valence-electron chi connectivity index (χ4n) is 2.62. The van der Waals surface area contributed by atoms with Crippen LogP contribution in [0.4, 0.5) is 0 Å². The van der Waals surface area contributed by atoms with Crippen LogP contribution in [-0.2, 0) is 14.3 Å². The number of benzene rings is 2. The third-order valence-corrected chi connectivity index (χ3v) is 3.94. The highest BCUT2D eigenvalue weighted by Crippen LogP contribution is 2.26. The van der Waals surface area contributed by atoms with Crippen molar-refractivity contribution in [3.63, 3.8) is 0 Å². The molecular weight excluding hydrogens is 360 g/mol. The molecule has 0 spiro atoms. The lowest BCUT2D eigenvalue weighted by atomic mass is 10.1. The van der Waals surface area contributed by atoms with Gasteiger partial charge in [0, 0.05) is 12.6 Å². The number of rotatable bonds is 6. The van der Waals surface area contributed by atoms with Gasteiger partial charge >= 0.3 is 5.97 Å². The Balaban J connectivity index is 2.00. The molecule has 0 aliphatic carbocycles. The van der Waals surface area contributed by atoms with Crippen LogP contribution in [0.25, 0.3) is 10.8 Å². The highest BCUT2D eigenvalue weighted by atomic mass is 16.5. The summed E-state index contributed by atoms with van der Waals surface area (Å²) in [5, 5.41) is 4.56. The van der Waals surface area contributed by atoms with Gasteiger partial charge in [-0.1, -0.05) is 24.3 Å². The predicted octanol–water partition coefficient (Wildman–Crippen LogP) is 2.38. The van der Waals surface area contributed by atoms with Crippen molar-refractivity contribution < 1.29 is 23.9 Å². The molecule has 28 heavy (non-hydrogen) atoms. The van der Waals surface area contributed by atoms with E-state index in [4.69, 9.17) is 9.47 Å². The van der Waals surface area contributed by atoms with Gasteiger partial charge in [-0.15, -0.1) is 0 Å². The Morgan fingerprint density at radius 2 is 1.68 bits per heavy atom. The zero-order chi connectivity index (χ0) is 20.9. The van der Waals surface area contributed by atoms with Crippen molar-refractivity contribution in [1.29, 1.82) is 0 Å². The van der Waals surface area contributed by atoms with Crippen molar-refractivity contribution in [2.24, 2.45) is 0 Å². The monoisotopic (exact) mass is 386 g/mol. The normalized spacial score (nSPS) is 11.0. The van der Waals surface area contributed by atoms with Gasteiger partial charge in [-0.05, 0) is 43.7 Å². The Labute approximate surface area is 164 Å². The first kappa shape index (κ1) is 21.2. The highest BCUT2D eigenvalue weighted by molar-refractivity contribution is 5.99. The number of nitrogens with one attached hydrogen (secondary N) is 1. The van der Waals surface area contributed by atoms with Gasteiger partial charge in [0.2, 0.25) is 5.91 Å². The Hall–Kier alpha value is -3.09. The fraction of sp³-hybridized carbons (Fsp3) is 0.381. The highest BCUT2D eigenvalue weighted by Gasteiger charge is 2.20. The summed E-state index contributed by atoms with van der Waals surface area (Å²) in [7, 11) is 2.95. The first-order valence-electron chi connectivity index (χ1n) is 8.89. The van der Waals surface area contributed by atoms with Gasteiger partial charge in [-0.2, -0.15) is 0 Å². The molecule has 0 unspecified atom stereocenters. The van der Waals surface area contributed by atoms with Crippen molar-refractivity contribution in [1.82, 2.24) is 10.2 Å². The molecule has 0 saturated carbocycles. The van der Waals surface area contributed by atoms with E-state index in [1.807, 2.05) is 45.0 Å². The van der Waals surface area contributed by atoms with Crippen molar-refractivity contribution in [2.75, 3.05) is 27.3 Å². The second-order valence-corrected chi connectivity index (χ2v) is 7.52. The van der Waals surface area contributed by atoms with Crippen LogP contribution in [0.3, 0.4) is 0 Å². The number of amides is 2. The molecule has 2 amide bonds. The molecule has 7 heteroatoms. The van der Waals surface area contributed by atoms with Crippen LogP contribution in [0.5, 0.6) is 5.75 Å². The van der Waals surface area contributed by atoms with E-state index in [-0.39, 0.29) is 23.6 Å². The zero-order valence-electron chi connectivity index (χ0n) is 16.9. The molecule has 0 radical (unpaired) electrons. The summed E-state index contributed by atoms with van der Waals surface area (Å²) in [5.74, 6) is -1.06. The molecule has 1 N–H and O–H groups in total. The number of hydrogen-bond donors (Lipinski definition) is 1. The zero-order valence-corrected chi connectivity index (χ0v) is 16.9. The summed E-state index contributed by atoms with van der Waals surface area (Å²) in [6, 6.07) is 11.0. The number of carbonyl (C=O) groups is 3. The van der Waals surface area contributed by atoms with Crippen LogP contribution < -0.4 is 10.1 Å². The summed E-state index contributed by atoms with van der Waals surface area (Å²) in [4.78, 5) is 37.8. The molecule has 0 heterocycles. The summed E-state index contributed by atoms with van der Waals surface area (Å²) in [6.07, 6.45) is 0. The van der Waals surface area contributed by atoms with E-state index in [2.05, 4.69) is 5.32 Å². The molecular formula is C21H26N2O5. The molecule has 2 aromatic carbocycles. The first-order chi connectivity index (χ1) is 13.1. The van der Waals surface area contributed by atoms with E-state index < -0.39 is 18.5 Å². The molecule has 2 rings (SSSR count). The van der Waals surface area contributed by atoms with Crippen molar-refractivity contribution in [3.8, 4) is 5.75 Å². The second kappa shape index (κ2) is 8.73. The molecule has 0 aliphatic rings. The van der Waals surface area contributed by atoms with E-state index in [9.17, 15) is 14.4 Å². The minimum atomic E-state index is -0.663. The lowest BCUT2D eigenvalue weighted by molar-refractivity contribution is -0.137. The summed E-state index contributed by atoms with van der Waals surface area (Å²) in [6.45, 7) is 4.98. The SMILES string of the molecule is COc1cc2ccccc2cc1C(=O)OCC(=O)N(C)CC(=O)NC(C)(C)C. The van der Waals surface area contributed by atoms with Crippen LogP contribution in [-0.4, -0.2) is 55.5 Å². The van der Waals surface area contributed by atoms with Gasteiger partial charge in [0.15, 0.2) is 6.61 Å². The largest absolute Gasteiger partial charge is 0.496 e. The molecule has 7 nitrogen and oxygen atoms in total. The van der Waals surface area contributed by atoms with Crippen LogP contribution in [0.2, 0.25) is 0 Å². The second-order valence-electron chi connectivity index (χ2n) is 7.52. The molecule has 150 valence electrons. The van der Waals surface area contributed by atoms with Gasteiger partial charge in [-0.25, -0.2) is 4.79 Å². The van der Waals surface area contributed by atoms with E-state index in [0.717, 1.165) is 10.8 Å². The van der Waals surface area contributed by atoms with Gasteiger partial charge in [0.1, 0.15) is 11.3 Å². The maximum absolute atomic E-state index is 12.5. The quantitative estimate of drug-likeness (QED) is 0.771. The van der Waals surface area contributed by atoms with Crippen LogP contribution >= 0.6 is 0 Å². The Bertz CT molecular complexity index is 886. The molecule has 0 fully saturated rings. The van der Waals surface area contributed by atoms with Crippen molar-refractivity contribution in [3.05, 3.63) is 42.0 Å². The number of carbonyl (C=O) groups excluding carboxylic acids is 3. The van der Waals surface area contributed by atoms with Gasteiger partial charge in [-0.3, -0.25) is 9.59 Å². The topological polar surface area (TPSA) is 84.9 Å². The molecule has 0 bridgehead atoms. The van der Waals surface area contributed by atoms with Crippen LogP contribution in [0.1, 0.15) is 31.1 Å². The number of methoxy groups -OCH3 is 1. The van der Waals surface area contributed by atoms with Crippen molar-refractivity contribution >= 4 is 28.6 Å². The molecule has 0 saturated heterocycles. The summed E-state index contributed by atoms with van der Waals surface area (Å²) in [5.41, 5.74) is -0.151. The number of hydrogen-bond acceptors (Lipinski definition) is 5. The Kier molecular flexibility index (Phi) is 6.62. The third-order valence-electron chi connectivity index (χ3n) is 3.94. The first-order valence-corrected chi connectivity index (χ1v) is 8.89. The van der Waals surface area contributed by atoms with Crippen LogP contribution in [0.15, 0.2) is 36.4 Å². The average Bonchev–Trinajstić information content (AvgIpc) is 2.62.